The highest BCUT2D eigenvalue weighted by Crippen LogP contribution is 2.66. The van der Waals surface area contributed by atoms with E-state index in [0.29, 0.717) is 6.42 Å². The molecule has 0 spiro atoms. The maximum Gasteiger partial charge on any atom is 0.396 e. The molecule has 1 aliphatic carbocycles. The molecule has 1 aromatic heterocycles. The number of hydrogen-bond acceptors (Lipinski definition) is 2. The van der Waals surface area contributed by atoms with Crippen LogP contribution in [0.15, 0.2) is 12.3 Å². The van der Waals surface area contributed by atoms with Crippen LogP contribution in [0.3, 0.4) is 0 Å². The van der Waals surface area contributed by atoms with Crippen LogP contribution in [-0.4, -0.2) is 16.0 Å². The van der Waals surface area contributed by atoms with Crippen LogP contribution in [0, 0.1) is 5.41 Å². The Hall–Kier alpha value is -1.04. The van der Waals surface area contributed by atoms with Crippen molar-refractivity contribution in [2.45, 2.75) is 37.5 Å². The fourth-order valence-electron chi connectivity index (χ4n) is 2.74. The maximum atomic E-state index is 13.0. The standard InChI is InChI=1S/C10H12F3N3/c11-10(12,13)9(2-3-9)8-5-6(14)7-1-4-15-16(7)8/h1,4,6,8H,2-3,5,14H2/t6-,8+/m1/s1. The van der Waals surface area contributed by atoms with Crippen LogP contribution < -0.4 is 5.73 Å². The lowest BCUT2D eigenvalue weighted by Gasteiger charge is -2.26. The summed E-state index contributed by atoms with van der Waals surface area (Å²) in [5.74, 6) is 0. The molecule has 0 radical (unpaired) electrons. The van der Waals surface area contributed by atoms with Gasteiger partial charge in [-0.3, -0.25) is 4.68 Å². The second kappa shape index (κ2) is 2.80. The lowest BCUT2D eigenvalue weighted by atomic mass is 9.93. The molecular weight excluding hydrogens is 219 g/mol. The van der Waals surface area contributed by atoms with E-state index in [-0.39, 0.29) is 18.9 Å². The molecule has 0 unspecified atom stereocenters. The number of hydrogen-bond donors (Lipinski definition) is 1. The van der Waals surface area contributed by atoms with E-state index in [2.05, 4.69) is 5.10 Å². The lowest BCUT2D eigenvalue weighted by Crippen LogP contribution is -2.33. The largest absolute Gasteiger partial charge is 0.396 e. The molecule has 0 saturated heterocycles. The summed E-state index contributed by atoms with van der Waals surface area (Å²) < 4.78 is 40.5. The van der Waals surface area contributed by atoms with Crippen molar-refractivity contribution in [3.63, 3.8) is 0 Å². The molecule has 2 heterocycles. The Morgan fingerprint density at radius 2 is 2.12 bits per heavy atom. The molecule has 3 nitrogen and oxygen atoms in total. The first kappa shape index (κ1) is 10.1. The van der Waals surface area contributed by atoms with Gasteiger partial charge in [0.05, 0.1) is 17.2 Å². The van der Waals surface area contributed by atoms with E-state index in [1.165, 1.54) is 10.9 Å². The van der Waals surface area contributed by atoms with Gasteiger partial charge in [0.1, 0.15) is 0 Å². The van der Waals surface area contributed by atoms with Crippen molar-refractivity contribution in [3.8, 4) is 0 Å². The summed E-state index contributed by atoms with van der Waals surface area (Å²) in [6.45, 7) is 0. The SMILES string of the molecule is N[C@@H]1C[C@@H](C2(C(F)(F)F)CC2)n2nccc21. The van der Waals surface area contributed by atoms with Crippen molar-refractivity contribution >= 4 is 0 Å². The van der Waals surface area contributed by atoms with E-state index in [4.69, 9.17) is 5.73 Å². The number of rotatable bonds is 1. The molecule has 88 valence electrons. The zero-order valence-electron chi connectivity index (χ0n) is 8.54. The summed E-state index contributed by atoms with van der Waals surface area (Å²) in [6, 6.07) is 0.789. The highest BCUT2D eigenvalue weighted by Gasteiger charge is 2.69. The Bertz CT molecular complexity index is 419. The van der Waals surface area contributed by atoms with E-state index in [0.717, 1.165) is 5.69 Å². The summed E-state index contributed by atoms with van der Waals surface area (Å²) in [4.78, 5) is 0. The fourth-order valence-corrected chi connectivity index (χ4v) is 2.74. The van der Waals surface area contributed by atoms with Gasteiger partial charge in [-0.2, -0.15) is 18.3 Å². The first-order valence-electron chi connectivity index (χ1n) is 5.31. The van der Waals surface area contributed by atoms with Crippen LogP contribution >= 0.6 is 0 Å². The predicted molar refractivity (Wildman–Crippen MR) is 50.5 cm³/mol. The van der Waals surface area contributed by atoms with Crippen LogP contribution in [0.1, 0.15) is 37.0 Å². The van der Waals surface area contributed by atoms with Crippen LogP contribution in [0.2, 0.25) is 0 Å². The number of aromatic nitrogens is 2. The number of nitrogens with zero attached hydrogens (tertiary/aromatic N) is 2. The van der Waals surface area contributed by atoms with Gasteiger partial charge in [-0.05, 0) is 25.3 Å². The van der Waals surface area contributed by atoms with E-state index in [9.17, 15) is 13.2 Å². The van der Waals surface area contributed by atoms with E-state index in [1.54, 1.807) is 6.07 Å². The molecule has 1 fully saturated rings. The average Bonchev–Trinajstić information content (AvgIpc) is 2.74. The first-order chi connectivity index (χ1) is 7.46. The Morgan fingerprint density at radius 1 is 1.44 bits per heavy atom. The number of halogens is 3. The molecule has 1 aromatic rings. The Kier molecular flexibility index (Phi) is 1.77. The highest BCUT2D eigenvalue weighted by molar-refractivity contribution is 5.19. The van der Waals surface area contributed by atoms with Crippen LogP contribution in [0.4, 0.5) is 13.2 Å². The van der Waals surface area contributed by atoms with Gasteiger partial charge in [0, 0.05) is 12.2 Å². The quantitative estimate of drug-likeness (QED) is 0.805. The van der Waals surface area contributed by atoms with Crippen molar-refractivity contribution in [1.29, 1.82) is 0 Å². The third kappa shape index (κ3) is 1.10. The van der Waals surface area contributed by atoms with Crippen molar-refractivity contribution < 1.29 is 13.2 Å². The van der Waals surface area contributed by atoms with Crippen molar-refractivity contribution in [1.82, 2.24) is 9.78 Å². The van der Waals surface area contributed by atoms with Gasteiger partial charge in [-0.15, -0.1) is 0 Å². The van der Waals surface area contributed by atoms with E-state index >= 15 is 0 Å². The predicted octanol–water partition coefficient (Wildman–Crippen LogP) is 2.17. The van der Waals surface area contributed by atoms with Crippen LogP contribution in [-0.2, 0) is 0 Å². The normalized spacial score (nSPS) is 31.5. The third-order valence-electron chi connectivity index (χ3n) is 3.84. The van der Waals surface area contributed by atoms with Gasteiger partial charge in [0.15, 0.2) is 0 Å². The molecule has 0 aromatic carbocycles. The molecule has 0 bridgehead atoms. The van der Waals surface area contributed by atoms with E-state index in [1.807, 2.05) is 0 Å². The number of nitrogens with two attached hydrogens (primary N) is 1. The van der Waals surface area contributed by atoms with Gasteiger partial charge in [0.25, 0.3) is 0 Å². The molecular formula is C10H12F3N3. The maximum absolute atomic E-state index is 13.0. The zero-order valence-corrected chi connectivity index (χ0v) is 8.54. The smallest absolute Gasteiger partial charge is 0.323 e. The molecule has 2 atom stereocenters. The van der Waals surface area contributed by atoms with E-state index < -0.39 is 17.6 Å². The molecule has 3 rings (SSSR count). The van der Waals surface area contributed by atoms with Crippen LogP contribution in [0.5, 0.6) is 0 Å². The molecule has 1 aliphatic heterocycles. The topological polar surface area (TPSA) is 43.8 Å². The number of fused-ring (bicyclic) bond motifs is 1. The summed E-state index contributed by atoms with van der Waals surface area (Å²) in [7, 11) is 0. The Labute approximate surface area is 90.4 Å². The van der Waals surface area contributed by atoms with Gasteiger partial charge in [-0.25, -0.2) is 0 Å². The summed E-state index contributed by atoms with van der Waals surface area (Å²) in [5.41, 5.74) is 4.98. The Balaban J connectivity index is 2.00. The molecule has 2 aliphatic rings. The van der Waals surface area contributed by atoms with Gasteiger partial charge >= 0.3 is 6.18 Å². The monoisotopic (exact) mass is 231 g/mol. The minimum atomic E-state index is -4.15. The summed E-state index contributed by atoms with van der Waals surface area (Å²) in [5, 5.41) is 3.99. The third-order valence-corrected chi connectivity index (χ3v) is 3.84. The second-order valence-electron chi connectivity index (χ2n) is 4.71. The molecule has 6 heteroatoms. The van der Waals surface area contributed by atoms with Crippen molar-refractivity contribution in [2.24, 2.45) is 11.1 Å². The zero-order chi connectivity index (χ0) is 11.6. The molecule has 0 amide bonds. The minimum absolute atomic E-state index is 0.202. The van der Waals surface area contributed by atoms with Crippen LogP contribution in [0.25, 0.3) is 0 Å². The second-order valence-corrected chi connectivity index (χ2v) is 4.71. The molecule has 2 N–H and O–H groups in total. The molecule has 1 saturated carbocycles. The Morgan fingerprint density at radius 3 is 2.69 bits per heavy atom. The lowest BCUT2D eigenvalue weighted by molar-refractivity contribution is -0.200. The van der Waals surface area contributed by atoms with Gasteiger partial charge < -0.3 is 5.73 Å². The van der Waals surface area contributed by atoms with Crippen molar-refractivity contribution in [2.75, 3.05) is 0 Å². The minimum Gasteiger partial charge on any atom is -0.323 e. The van der Waals surface area contributed by atoms with Gasteiger partial charge in [-0.1, -0.05) is 0 Å². The van der Waals surface area contributed by atoms with Crippen molar-refractivity contribution in [3.05, 3.63) is 18.0 Å². The average molecular weight is 231 g/mol. The molecule has 16 heavy (non-hydrogen) atoms. The number of alkyl halides is 3. The summed E-state index contributed by atoms with van der Waals surface area (Å²) >= 11 is 0. The summed E-state index contributed by atoms with van der Waals surface area (Å²) in [6.07, 6.45) is -1.87. The van der Waals surface area contributed by atoms with Gasteiger partial charge in [0.2, 0.25) is 0 Å². The first-order valence-corrected chi connectivity index (χ1v) is 5.31. The highest BCUT2D eigenvalue weighted by atomic mass is 19.4. The fraction of sp³-hybridized carbons (Fsp3) is 0.700.